The largest absolute Gasteiger partial charge is 0.356 e. The maximum Gasteiger partial charge on any atom is 0.191 e. The second-order valence-electron chi connectivity index (χ2n) is 7.49. The van der Waals surface area contributed by atoms with E-state index in [9.17, 15) is 8.42 Å². The molecule has 2 N–H and O–H groups in total. The fourth-order valence-corrected chi connectivity index (χ4v) is 5.18. The van der Waals surface area contributed by atoms with Gasteiger partial charge >= 0.3 is 0 Å². The molecule has 1 unspecified atom stereocenters. The highest BCUT2D eigenvalue weighted by atomic mass is 32.2. The summed E-state index contributed by atoms with van der Waals surface area (Å²) in [5, 5.41) is 6.66. The molecule has 0 aromatic heterocycles. The Kier molecular flexibility index (Phi) is 6.49. The first-order chi connectivity index (χ1) is 11.7. The zero-order valence-electron chi connectivity index (χ0n) is 16.0. The van der Waals surface area contributed by atoms with Gasteiger partial charge in [-0.2, -0.15) is 0 Å². The van der Waals surface area contributed by atoms with Crippen molar-refractivity contribution in [2.75, 3.05) is 18.1 Å². The van der Waals surface area contributed by atoms with Crippen LogP contribution in [0.15, 0.2) is 17.1 Å². The molecule has 1 aliphatic rings. The summed E-state index contributed by atoms with van der Waals surface area (Å²) in [6, 6.07) is 4.63. The Labute approximate surface area is 152 Å². The molecule has 5 nitrogen and oxygen atoms in total. The van der Waals surface area contributed by atoms with Crippen LogP contribution in [0.4, 0.5) is 0 Å². The Bertz CT molecular complexity index is 716. The number of guanidine groups is 1. The van der Waals surface area contributed by atoms with Gasteiger partial charge in [-0.05, 0) is 63.6 Å². The molecule has 1 aromatic carbocycles. The third-order valence-corrected chi connectivity index (χ3v) is 6.38. The van der Waals surface area contributed by atoms with Crippen LogP contribution < -0.4 is 10.6 Å². The first-order valence-electron chi connectivity index (χ1n) is 8.98. The van der Waals surface area contributed by atoms with Crippen LogP contribution in [0.1, 0.15) is 42.5 Å². The van der Waals surface area contributed by atoms with E-state index < -0.39 is 9.84 Å². The molecule has 25 heavy (non-hydrogen) atoms. The summed E-state index contributed by atoms with van der Waals surface area (Å²) < 4.78 is 23.2. The Hall–Kier alpha value is -1.56. The van der Waals surface area contributed by atoms with Crippen molar-refractivity contribution in [3.05, 3.63) is 34.4 Å². The lowest BCUT2D eigenvalue weighted by Gasteiger charge is -2.18. The van der Waals surface area contributed by atoms with Crippen LogP contribution in [-0.2, 0) is 16.4 Å². The predicted molar refractivity (Wildman–Crippen MR) is 105 cm³/mol. The van der Waals surface area contributed by atoms with Crippen molar-refractivity contribution in [2.24, 2.45) is 10.9 Å². The van der Waals surface area contributed by atoms with Gasteiger partial charge in [-0.25, -0.2) is 13.4 Å². The lowest BCUT2D eigenvalue weighted by atomic mass is 10.00. The Morgan fingerprint density at radius 3 is 2.40 bits per heavy atom. The Balaban J connectivity index is 2.05. The number of benzene rings is 1. The number of nitrogens with zero attached hydrogens (tertiary/aromatic N) is 1. The molecule has 0 bridgehead atoms. The first-order valence-corrected chi connectivity index (χ1v) is 10.8. The normalized spacial score (nSPS) is 20.1. The molecule has 2 rings (SSSR count). The van der Waals surface area contributed by atoms with Crippen LogP contribution in [0.25, 0.3) is 0 Å². The monoisotopic (exact) mass is 365 g/mol. The highest BCUT2D eigenvalue weighted by Crippen LogP contribution is 2.18. The number of rotatable bonds is 5. The van der Waals surface area contributed by atoms with E-state index in [0.29, 0.717) is 18.8 Å². The number of hydrogen-bond donors (Lipinski definition) is 2. The third-order valence-electron chi connectivity index (χ3n) is 4.55. The van der Waals surface area contributed by atoms with E-state index in [1.807, 2.05) is 0 Å². The Morgan fingerprint density at radius 2 is 1.88 bits per heavy atom. The smallest absolute Gasteiger partial charge is 0.191 e. The zero-order valence-corrected chi connectivity index (χ0v) is 16.8. The van der Waals surface area contributed by atoms with Crippen LogP contribution in [0.3, 0.4) is 0 Å². The molecule has 1 heterocycles. The fourth-order valence-electron chi connectivity index (χ4n) is 3.32. The van der Waals surface area contributed by atoms with Crippen molar-refractivity contribution >= 4 is 15.8 Å². The van der Waals surface area contributed by atoms with Crippen LogP contribution in [0, 0.1) is 26.7 Å². The molecular weight excluding hydrogens is 334 g/mol. The molecule has 0 saturated carbocycles. The molecule has 0 radical (unpaired) electrons. The van der Waals surface area contributed by atoms with Gasteiger partial charge in [-0.15, -0.1) is 0 Å². The zero-order chi connectivity index (χ0) is 18.6. The minimum atomic E-state index is -2.84. The average molecular weight is 366 g/mol. The second-order valence-corrected chi connectivity index (χ2v) is 9.72. The number of aliphatic imine (C=N–C) groups is 1. The molecule has 1 aromatic rings. The molecule has 1 fully saturated rings. The summed E-state index contributed by atoms with van der Waals surface area (Å²) >= 11 is 0. The van der Waals surface area contributed by atoms with Gasteiger partial charge in [-0.3, -0.25) is 0 Å². The van der Waals surface area contributed by atoms with E-state index in [2.05, 4.69) is 57.4 Å². The van der Waals surface area contributed by atoms with Crippen LogP contribution in [0.5, 0.6) is 0 Å². The maximum atomic E-state index is 11.6. The van der Waals surface area contributed by atoms with Crippen LogP contribution in [0.2, 0.25) is 0 Å². The number of sulfone groups is 1. The lowest BCUT2D eigenvalue weighted by Crippen LogP contribution is -2.43. The number of nitrogens with one attached hydrogen (secondary N) is 2. The van der Waals surface area contributed by atoms with Crippen molar-refractivity contribution in [3.8, 4) is 0 Å². The topological polar surface area (TPSA) is 70.6 Å². The third kappa shape index (κ3) is 6.03. The standard InChI is InChI=1S/C19H31N3O2S/c1-13(2)22-19(20-10-17-6-7-25(23,24)12-17)21-11-18-15(4)8-14(3)9-16(18)5/h8-9,13,17H,6-7,10-12H2,1-5H3,(H2,20,21,22). The molecule has 0 amide bonds. The first kappa shape index (κ1) is 19.8. The molecule has 0 spiro atoms. The van der Waals surface area contributed by atoms with E-state index in [4.69, 9.17) is 4.99 Å². The van der Waals surface area contributed by atoms with E-state index in [1.165, 1.54) is 22.3 Å². The SMILES string of the molecule is Cc1cc(C)c(CN=C(NCC2CCS(=O)(=O)C2)NC(C)C)c(C)c1. The van der Waals surface area contributed by atoms with Gasteiger partial charge < -0.3 is 10.6 Å². The Morgan fingerprint density at radius 1 is 1.24 bits per heavy atom. The molecule has 1 aliphatic heterocycles. The number of aryl methyl sites for hydroxylation is 3. The van der Waals surface area contributed by atoms with E-state index in [0.717, 1.165) is 12.4 Å². The average Bonchev–Trinajstić information content (AvgIpc) is 2.82. The van der Waals surface area contributed by atoms with Crippen molar-refractivity contribution in [2.45, 2.75) is 53.6 Å². The van der Waals surface area contributed by atoms with E-state index in [1.54, 1.807) is 0 Å². The minimum absolute atomic E-state index is 0.173. The molecule has 1 saturated heterocycles. The summed E-state index contributed by atoms with van der Waals surface area (Å²) in [4.78, 5) is 4.73. The number of hydrogen-bond acceptors (Lipinski definition) is 3. The van der Waals surface area contributed by atoms with Gasteiger partial charge in [0.15, 0.2) is 15.8 Å². The molecule has 6 heteroatoms. The van der Waals surface area contributed by atoms with Gasteiger partial charge in [-0.1, -0.05) is 17.7 Å². The van der Waals surface area contributed by atoms with Gasteiger partial charge in [0.2, 0.25) is 0 Å². The van der Waals surface area contributed by atoms with Gasteiger partial charge in [0.1, 0.15) is 0 Å². The summed E-state index contributed by atoms with van der Waals surface area (Å²) in [6.07, 6.45) is 0.737. The van der Waals surface area contributed by atoms with Gasteiger partial charge in [0, 0.05) is 12.6 Å². The van der Waals surface area contributed by atoms with Crippen molar-refractivity contribution in [1.82, 2.24) is 10.6 Å². The summed E-state index contributed by atoms with van der Waals surface area (Å²) in [5.74, 6) is 1.52. The molecule has 140 valence electrons. The molecule has 0 aliphatic carbocycles. The summed E-state index contributed by atoms with van der Waals surface area (Å²) in [7, 11) is -2.84. The summed E-state index contributed by atoms with van der Waals surface area (Å²) in [5.41, 5.74) is 5.03. The quantitative estimate of drug-likeness (QED) is 0.621. The van der Waals surface area contributed by atoms with Crippen molar-refractivity contribution < 1.29 is 8.42 Å². The van der Waals surface area contributed by atoms with Crippen molar-refractivity contribution in [1.29, 1.82) is 0 Å². The van der Waals surface area contributed by atoms with Crippen LogP contribution in [-0.4, -0.2) is 38.5 Å². The lowest BCUT2D eigenvalue weighted by molar-refractivity contribution is 0.562. The predicted octanol–water partition coefficient (Wildman–Crippen LogP) is 2.49. The maximum absolute atomic E-state index is 11.6. The second kappa shape index (κ2) is 8.21. The highest BCUT2D eigenvalue weighted by molar-refractivity contribution is 7.91. The highest BCUT2D eigenvalue weighted by Gasteiger charge is 2.27. The molecule has 1 atom stereocenters. The fraction of sp³-hybridized carbons (Fsp3) is 0.632. The van der Waals surface area contributed by atoms with Crippen molar-refractivity contribution in [3.63, 3.8) is 0 Å². The van der Waals surface area contributed by atoms with E-state index >= 15 is 0 Å². The summed E-state index contributed by atoms with van der Waals surface area (Å²) in [6.45, 7) is 11.7. The van der Waals surface area contributed by atoms with Crippen LogP contribution >= 0.6 is 0 Å². The van der Waals surface area contributed by atoms with Gasteiger partial charge in [0.25, 0.3) is 0 Å². The minimum Gasteiger partial charge on any atom is -0.356 e. The van der Waals surface area contributed by atoms with E-state index in [-0.39, 0.29) is 17.7 Å². The molecular formula is C19H31N3O2S. The van der Waals surface area contributed by atoms with Gasteiger partial charge in [0.05, 0.1) is 18.1 Å².